The Bertz CT molecular complexity index is 663. The molecule has 1 fully saturated rings. The smallest absolute Gasteiger partial charge is 0.308 e. The van der Waals surface area contributed by atoms with Crippen LogP contribution in [0.5, 0.6) is 0 Å². The summed E-state index contributed by atoms with van der Waals surface area (Å²) in [5.41, 5.74) is 0.976. The van der Waals surface area contributed by atoms with E-state index in [1.807, 2.05) is 6.92 Å². The van der Waals surface area contributed by atoms with Crippen LogP contribution in [0.3, 0.4) is 0 Å². The van der Waals surface area contributed by atoms with Crippen molar-refractivity contribution in [3.05, 3.63) is 29.8 Å². The maximum Gasteiger partial charge on any atom is 0.350 e. The molecule has 0 radical (unpaired) electrons. The van der Waals surface area contributed by atoms with Crippen LogP contribution in [0.4, 0.5) is 0 Å². The molecule has 8 heteroatoms. The van der Waals surface area contributed by atoms with Crippen LogP contribution >= 0.6 is 7.60 Å². The minimum Gasteiger partial charge on any atom is -0.308 e. The van der Waals surface area contributed by atoms with Crippen molar-refractivity contribution in [2.45, 2.75) is 44.4 Å². The normalized spacial score (nSPS) is 25.2. The number of sulfonamides is 1. The van der Waals surface area contributed by atoms with Crippen LogP contribution in [0, 0.1) is 6.92 Å². The van der Waals surface area contributed by atoms with Gasteiger partial charge in [0.1, 0.15) is 5.78 Å². The minimum absolute atomic E-state index is 0.187. The lowest BCUT2D eigenvalue weighted by Crippen LogP contribution is -2.16. The quantitative estimate of drug-likeness (QED) is 0.560. The Morgan fingerprint density at radius 3 is 2.09 bits per heavy atom. The van der Waals surface area contributed by atoms with Crippen molar-refractivity contribution in [1.82, 2.24) is 4.31 Å². The van der Waals surface area contributed by atoms with E-state index in [-0.39, 0.29) is 18.1 Å². The van der Waals surface area contributed by atoms with Crippen LogP contribution < -0.4 is 0 Å². The number of hydrogen-bond donors (Lipinski definition) is 0. The predicted molar refractivity (Wildman–Crippen MR) is 84.3 cm³/mol. The highest BCUT2D eigenvalue weighted by molar-refractivity contribution is 7.89. The Hall–Kier alpha value is -0.720. The molecule has 0 aliphatic carbocycles. The van der Waals surface area contributed by atoms with Gasteiger partial charge in [0.15, 0.2) is 0 Å². The average molecular weight is 347 g/mol. The molecule has 0 spiro atoms. The van der Waals surface area contributed by atoms with E-state index in [1.165, 1.54) is 4.31 Å². The standard InChI is InChI=1S/C14H22NO5PS/c1-5-19-21(16,20-6-2)14-12(4)15(14)22(17,18)13-9-7-11(3)8-10-13/h7-10,12,14H,5-6H2,1-4H3/t12-,14+,15?/m1/s1. The van der Waals surface area contributed by atoms with Crippen LogP contribution in [-0.2, 0) is 23.6 Å². The molecule has 0 bridgehead atoms. The molecule has 2 rings (SSSR count). The fourth-order valence-corrected chi connectivity index (χ4v) is 7.13. The highest BCUT2D eigenvalue weighted by Gasteiger charge is 2.63. The molecule has 1 aliphatic rings. The minimum atomic E-state index is -3.70. The van der Waals surface area contributed by atoms with Gasteiger partial charge in [0.25, 0.3) is 0 Å². The van der Waals surface area contributed by atoms with E-state index in [0.29, 0.717) is 0 Å². The van der Waals surface area contributed by atoms with E-state index in [2.05, 4.69) is 0 Å². The first-order chi connectivity index (χ1) is 10.3. The Balaban J connectivity index is 2.30. The van der Waals surface area contributed by atoms with Gasteiger partial charge < -0.3 is 9.05 Å². The third-order valence-corrected chi connectivity index (χ3v) is 8.25. The topological polar surface area (TPSA) is 72.7 Å². The molecule has 1 heterocycles. The van der Waals surface area contributed by atoms with Crippen LogP contribution in [0.15, 0.2) is 29.2 Å². The largest absolute Gasteiger partial charge is 0.350 e. The van der Waals surface area contributed by atoms with E-state index in [0.717, 1.165) is 5.56 Å². The molecule has 1 aliphatic heterocycles. The monoisotopic (exact) mass is 347 g/mol. The summed E-state index contributed by atoms with van der Waals surface area (Å²) in [6.45, 7) is 7.42. The molecule has 0 saturated carbocycles. The molecule has 0 N–H and O–H groups in total. The second-order valence-electron chi connectivity index (χ2n) is 5.18. The molecule has 22 heavy (non-hydrogen) atoms. The van der Waals surface area contributed by atoms with Crippen molar-refractivity contribution in [3.8, 4) is 0 Å². The van der Waals surface area contributed by atoms with Gasteiger partial charge in [-0.15, -0.1) is 0 Å². The first-order valence-corrected chi connectivity index (χ1v) is 10.3. The second kappa shape index (κ2) is 6.42. The summed E-state index contributed by atoms with van der Waals surface area (Å²) >= 11 is 0. The first kappa shape index (κ1) is 17.6. The Morgan fingerprint density at radius 2 is 1.64 bits per heavy atom. The van der Waals surface area contributed by atoms with E-state index in [4.69, 9.17) is 9.05 Å². The van der Waals surface area contributed by atoms with Gasteiger partial charge in [-0.25, -0.2) is 8.42 Å². The predicted octanol–water partition coefficient (Wildman–Crippen LogP) is 2.98. The highest BCUT2D eigenvalue weighted by atomic mass is 32.2. The summed E-state index contributed by atoms with van der Waals surface area (Å²) in [6.07, 6.45) is 0. The molecule has 0 amide bonds. The van der Waals surface area contributed by atoms with E-state index in [9.17, 15) is 13.0 Å². The molecule has 1 unspecified atom stereocenters. The first-order valence-electron chi connectivity index (χ1n) is 7.27. The Kier molecular flexibility index (Phi) is 5.14. The molecular formula is C14H22NO5PS. The zero-order valence-electron chi connectivity index (χ0n) is 13.2. The van der Waals surface area contributed by atoms with Crippen molar-refractivity contribution in [1.29, 1.82) is 0 Å². The number of aryl methyl sites for hydroxylation is 1. The molecular weight excluding hydrogens is 325 g/mol. The van der Waals surface area contributed by atoms with Crippen LogP contribution in [-0.4, -0.2) is 37.8 Å². The van der Waals surface area contributed by atoms with Crippen molar-refractivity contribution in [2.24, 2.45) is 0 Å². The van der Waals surface area contributed by atoms with E-state index >= 15 is 0 Å². The lowest BCUT2D eigenvalue weighted by atomic mass is 10.2. The van der Waals surface area contributed by atoms with Gasteiger partial charge in [-0.3, -0.25) is 4.57 Å². The second-order valence-corrected chi connectivity index (χ2v) is 9.15. The van der Waals surface area contributed by atoms with Crippen LogP contribution in [0.1, 0.15) is 26.3 Å². The van der Waals surface area contributed by atoms with Crippen molar-refractivity contribution in [3.63, 3.8) is 0 Å². The molecule has 1 aromatic carbocycles. The van der Waals surface area contributed by atoms with Gasteiger partial charge in [0.2, 0.25) is 10.0 Å². The number of nitrogens with zero attached hydrogens (tertiary/aromatic N) is 1. The number of hydrogen-bond acceptors (Lipinski definition) is 5. The Labute approximate surface area is 132 Å². The number of benzene rings is 1. The van der Waals surface area contributed by atoms with Gasteiger partial charge in [0, 0.05) is 0 Å². The maximum atomic E-state index is 12.8. The fraction of sp³-hybridized carbons (Fsp3) is 0.571. The van der Waals surface area contributed by atoms with Crippen molar-refractivity contribution >= 4 is 17.6 Å². The maximum absolute atomic E-state index is 12.8. The fourth-order valence-electron chi connectivity index (χ4n) is 2.45. The van der Waals surface area contributed by atoms with Gasteiger partial charge in [-0.2, -0.15) is 4.31 Å². The van der Waals surface area contributed by atoms with Gasteiger partial charge in [0.05, 0.1) is 24.2 Å². The summed E-state index contributed by atoms with van der Waals surface area (Å²) < 4.78 is 49.9. The molecule has 0 aromatic heterocycles. The molecule has 3 atom stereocenters. The zero-order chi connectivity index (χ0) is 16.5. The highest BCUT2D eigenvalue weighted by Crippen LogP contribution is 2.64. The SMILES string of the molecule is CCOP(=O)(OCC)[C@H]1[C@@H](C)N1S(=O)(=O)c1ccc(C)cc1. The third-order valence-electron chi connectivity index (χ3n) is 3.54. The van der Waals surface area contributed by atoms with Gasteiger partial charge in [-0.1, -0.05) is 17.7 Å². The Morgan fingerprint density at radius 1 is 1.14 bits per heavy atom. The van der Waals surface area contributed by atoms with Gasteiger partial charge in [-0.05, 0) is 39.8 Å². The lowest BCUT2D eigenvalue weighted by molar-refractivity contribution is 0.216. The van der Waals surface area contributed by atoms with E-state index < -0.39 is 29.4 Å². The third kappa shape index (κ3) is 3.14. The lowest BCUT2D eigenvalue weighted by Gasteiger charge is -2.17. The summed E-state index contributed by atoms with van der Waals surface area (Å²) in [5, 5.41) is 0. The molecule has 1 saturated heterocycles. The van der Waals surface area contributed by atoms with E-state index in [1.54, 1.807) is 45.0 Å². The van der Waals surface area contributed by atoms with Crippen molar-refractivity contribution < 1.29 is 22.0 Å². The molecule has 6 nitrogen and oxygen atoms in total. The van der Waals surface area contributed by atoms with Crippen molar-refractivity contribution in [2.75, 3.05) is 13.2 Å². The summed E-state index contributed by atoms with van der Waals surface area (Å²) in [6, 6.07) is 6.18. The van der Waals surface area contributed by atoms with Crippen LogP contribution in [0.25, 0.3) is 0 Å². The number of rotatable bonds is 7. The summed E-state index contributed by atoms with van der Waals surface area (Å²) in [7, 11) is -7.17. The summed E-state index contributed by atoms with van der Waals surface area (Å²) in [4.78, 5) is 0.187. The summed E-state index contributed by atoms with van der Waals surface area (Å²) in [5.74, 6) is -0.751. The van der Waals surface area contributed by atoms with Gasteiger partial charge >= 0.3 is 7.60 Å². The van der Waals surface area contributed by atoms with Crippen LogP contribution in [0.2, 0.25) is 0 Å². The average Bonchev–Trinajstić information content (AvgIpc) is 3.13. The molecule has 1 aromatic rings. The molecule has 124 valence electrons. The zero-order valence-corrected chi connectivity index (χ0v) is 14.9.